The largest absolute Gasteiger partial charge is 0.307 e. The molecule has 1 aromatic carbocycles. The molecular weight excluding hydrogens is 295 g/mol. The lowest BCUT2D eigenvalue weighted by atomic mass is 10.1. The summed E-state index contributed by atoms with van der Waals surface area (Å²) < 4.78 is 15.3. The van der Waals surface area contributed by atoms with Gasteiger partial charge in [-0.2, -0.15) is 4.80 Å². The van der Waals surface area contributed by atoms with Crippen LogP contribution in [-0.4, -0.2) is 29.6 Å². The van der Waals surface area contributed by atoms with E-state index < -0.39 is 0 Å². The van der Waals surface area contributed by atoms with Gasteiger partial charge < -0.3 is 4.40 Å². The number of benzene rings is 1. The highest BCUT2D eigenvalue weighted by Gasteiger charge is 2.09. The second-order valence-corrected chi connectivity index (χ2v) is 5.31. The molecule has 0 aliphatic rings. The van der Waals surface area contributed by atoms with Crippen molar-refractivity contribution in [2.75, 3.05) is 0 Å². The molecule has 0 spiro atoms. The smallest absolute Gasteiger partial charge is 0.204 e. The van der Waals surface area contributed by atoms with Gasteiger partial charge in [0.05, 0.1) is 5.69 Å². The van der Waals surface area contributed by atoms with Gasteiger partial charge in [0.25, 0.3) is 0 Å². The average Bonchev–Trinajstić information content (AvgIpc) is 3.16. The van der Waals surface area contributed by atoms with Crippen molar-refractivity contribution < 1.29 is 4.39 Å². The van der Waals surface area contributed by atoms with Gasteiger partial charge in [-0.3, -0.25) is 0 Å². The summed E-state index contributed by atoms with van der Waals surface area (Å²) in [7, 11) is 0. The number of aryl methyl sites for hydroxylation is 1. The van der Waals surface area contributed by atoms with E-state index in [4.69, 9.17) is 0 Å². The summed E-state index contributed by atoms with van der Waals surface area (Å²) in [5.41, 5.74) is 3.01. The van der Waals surface area contributed by atoms with Crippen molar-refractivity contribution >= 4 is 5.65 Å². The Hall–Kier alpha value is -3.09. The van der Waals surface area contributed by atoms with Crippen LogP contribution in [0.25, 0.3) is 17.0 Å². The van der Waals surface area contributed by atoms with Crippen molar-refractivity contribution in [1.29, 1.82) is 0 Å². The Morgan fingerprint density at radius 3 is 2.91 bits per heavy atom. The van der Waals surface area contributed by atoms with Crippen LogP contribution < -0.4 is 0 Å². The molecule has 0 unspecified atom stereocenters. The van der Waals surface area contributed by atoms with Gasteiger partial charge in [0, 0.05) is 18.0 Å². The van der Waals surface area contributed by atoms with Crippen molar-refractivity contribution in [3.63, 3.8) is 0 Å². The summed E-state index contributed by atoms with van der Waals surface area (Å²) in [6, 6.07) is 10.6. The molecule has 3 heterocycles. The first kappa shape index (κ1) is 13.6. The minimum absolute atomic E-state index is 0.245. The molecule has 7 heteroatoms. The minimum atomic E-state index is -0.245. The monoisotopic (exact) mass is 308 g/mol. The molecule has 0 saturated carbocycles. The SMILES string of the molecule is Cc1cc(-c2nnn(Cc3cn4ccccc4n3)n2)ccc1F. The molecule has 0 fully saturated rings. The third-order valence-electron chi connectivity index (χ3n) is 3.59. The van der Waals surface area contributed by atoms with Gasteiger partial charge in [-0.25, -0.2) is 9.37 Å². The number of fused-ring (bicyclic) bond motifs is 1. The van der Waals surface area contributed by atoms with Gasteiger partial charge >= 0.3 is 0 Å². The van der Waals surface area contributed by atoms with Gasteiger partial charge in [0.2, 0.25) is 5.82 Å². The second-order valence-electron chi connectivity index (χ2n) is 5.31. The first-order valence-corrected chi connectivity index (χ1v) is 7.16. The Morgan fingerprint density at radius 2 is 2.09 bits per heavy atom. The summed E-state index contributed by atoms with van der Waals surface area (Å²) in [5.74, 6) is 0.225. The predicted octanol–water partition coefficient (Wildman–Crippen LogP) is 2.48. The molecule has 4 aromatic rings. The second kappa shape index (κ2) is 5.28. The fourth-order valence-electron chi connectivity index (χ4n) is 2.42. The molecule has 4 rings (SSSR count). The standard InChI is InChI=1S/C16H13FN6/c1-11-8-12(5-6-14(11)17)16-19-21-23(20-16)10-13-9-22-7-3-2-4-15(22)18-13/h2-9H,10H2,1H3. The zero-order valence-electron chi connectivity index (χ0n) is 12.4. The van der Waals surface area contributed by atoms with Crippen LogP contribution in [0.15, 0.2) is 48.8 Å². The summed E-state index contributed by atoms with van der Waals surface area (Å²) >= 11 is 0. The number of hydrogen-bond acceptors (Lipinski definition) is 4. The average molecular weight is 308 g/mol. The maximum atomic E-state index is 13.3. The maximum absolute atomic E-state index is 13.3. The number of hydrogen-bond donors (Lipinski definition) is 0. The van der Waals surface area contributed by atoms with Crippen LogP contribution in [-0.2, 0) is 6.54 Å². The number of rotatable bonds is 3. The molecule has 0 radical (unpaired) electrons. The van der Waals surface area contributed by atoms with Crippen LogP contribution in [0.1, 0.15) is 11.3 Å². The van der Waals surface area contributed by atoms with E-state index in [-0.39, 0.29) is 5.82 Å². The molecule has 3 aromatic heterocycles. The van der Waals surface area contributed by atoms with Crippen LogP contribution in [0.5, 0.6) is 0 Å². The van der Waals surface area contributed by atoms with E-state index in [2.05, 4.69) is 20.4 Å². The maximum Gasteiger partial charge on any atom is 0.204 e. The van der Waals surface area contributed by atoms with E-state index in [1.54, 1.807) is 19.1 Å². The summed E-state index contributed by atoms with van der Waals surface area (Å²) in [4.78, 5) is 5.98. The third kappa shape index (κ3) is 2.57. The molecule has 0 amide bonds. The molecule has 0 saturated heterocycles. The molecule has 0 aliphatic heterocycles. The third-order valence-corrected chi connectivity index (χ3v) is 3.59. The molecule has 0 bridgehead atoms. The van der Waals surface area contributed by atoms with E-state index in [9.17, 15) is 4.39 Å². The lowest BCUT2D eigenvalue weighted by Gasteiger charge is -1.98. The Morgan fingerprint density at radius 1 is 1.17 bits per heavy atom. The minimum Gasteiger partial charge on any atom is -0.307 e. The van der Waals surface area contributed by atoms with Crippen LogP contribution in [0.3, 0.4) is 0 Å². The zero-order valence-corrected chi connectivity index (χ0v) is 12.4. The number of pyridine rings is 1. The van der Waals surface area contributed by atoms with Crippen LogP contribution in [0.2, 0.25) is 0 Å². The van der Waals surface area contributed by atoms with E-state index in [0.717, 1.165) is 16.9 Å². The highest BCUT2D eigenvalue weighted by molar-refractivity contribution is 5.55. The molecule has 0 N–H and O–H groups in total. The number of imidazole rings is 1. The Labute approximate surface area is 131 Å². The molecule has 23 heavy (non-hydrogen) atoms. The summed E-state index contributed by atoms with van der Waals surface area (Å²) in [6.07, 6.45) is 3.87. The lowest BCUT2D eigenvalue weighted by molar-refractivity contribution is 0.566. The molecule has 114 valence electrons. The van der Waals surface area contributed by atoms with E-state index >= 15 is 0 Å². The van der Waals surface area contributed by atoms with Crippen LogP contribution in [0.4, 0.5) is 4.39 Å². The molecular formula is C16H13FN6. The molecule has 6 nitrogen and oxygen atoms in total. The topological polar surface area (TPSA) is 60.9 Å². The van der Waals surface area contributed by atoms with Crippen molar-refractivity contribution in [1.82, 2.24) is 29.6 Å². The highest BCUT2D eigenvalue weighted by atomic mass is 19.1. The van der Waals surface area contributed by atoms with Crippen molar-refractivity contribution in [2.45, 2.75) is 13.5 Å². The van der Waals surface area contributed by atoms with Crippen molar-refractivity contribution in [3.05, 3.63) is 65.9 Å². The number of nitrogens with zero attached hydrogens (tertiary/aromatic N) is 6. The first-order valence-electron chi connectivity index (χ1n) is 7.16. The van der Waals surface area contributed by atoms with Crippen LogP contribution in [0, 0.1) is 12.7 Å². The Kier molecular flexibility index (Phi) is 3.11. The quantitative estimate of drug-likeness (QED) is 0.583. The summed E-state index contributed by atoms with van der Waals surface area (Å²) in [6.45, 7) is 2.13. The Bertz CT molecular complexity index is 954. The number of tetrazole rings is 1. The van der Waals surface area contributed by atoms with Gasteiger partial charge in [-0.15, -0.1) is 10.2 Å². The Balaban J connectivity index is 1.61. The summed E-state index contributed by atoms with van der Waals surface area (Å²) in [5, 5.41) is 12.4. The fourth-order valence-corrected chi connectivity index (χ4v) is 2.42. The number of halogens is 1. The van der Waals surface area contributed by atoms with E-state index in [0.29, 0.717) is 17.9 Å². The van der Waals surface area contributed by atoms with Gasteiger partial charge in [0.1, 0.15) is 18.0 Å². The zero-order chi connectivity index (χ0) is 15.8. The van der Waals surface area contributed by atoms with Gasteiger partial charge in [0.15, 0.2) is 0 Å². The predicted molar refractivity (Wildman–Crippen MR) is 82.2 cm³/mol. The van der Waals surface area contributed by atoms with E-state index in [1.807, 2.05) is 35.0 Å². The van der Waals surface area contributed by atoms with E-state index in [1.165, 1.54) is 10.9 Å². The van der Waals surface area contributed by atoms with Gasteiger partial charge in [-0.1, -0.05) is 6.07 Å². The highest BCUT2D eigenvalue weighted by Crippen LogP contribution is 2.17. The van der Waals surface area contributed by atoms with Crippen molar-refractivity contribution in [2.24, 2.45) is 0 Å². The van der Waals surface area contributed by atoms with Crippen LogP contribution >= 0.6 is 0 Å². The number of aromatic nitrogens is 6. The molecule has 0 aliphatic carbocycles. The normalized spacial score (nSPS) is 11.2. The fraction of sp³-hybridized carbons (Fsp3) is 0.125. The molecule has 0 atom stereocenters. The van der Waals surface area contributed by atoms with Gasteiger partial charge in [-0.05, 0) is 48.0 Å². The van der Waals surface area contributed by atoms with Crippen molar-refractivity contribution in [3.8, 4) is 11.4 Å². The first-order chi connectivity index (χ1) is 11.2. The lowest BCUT2D eigenvalue weighted by Crippen LogP contribution is -2.04.